The SMILES string of the molecule is Cc1ccnc(NC(=O)C(=O)N(CCO)CCO)c1. The quantitative estimate of drug-likeness (QED) is 0.602. The van der Waals surface area contributed by atoms with Crippen LogP contribution in [0.5, 0.6) is 0 Å². The minimum absolute atomic E-state index is 0.00589. The van der Waals surface area contributed by atoms with Gasteiger partial charge in [0, 0.05) is 19.3 Å². The fourth-order valence-electron chi connectivity index (χ4n) is 1.47. The molecule has 0 bridgehead atoms. The summed E-state index contributed by atoms with van der Waals surface area (Å²) in [6, 6.07) is 3.40. The number of carbonyl (C=O) groups excluding carboxylic acids is 2. The van der Waals surface area contributed by atoms with Crippen LogP contribution < -0.4 is 5.32 Å². The Kier molecular flexibility index (Phi) is 5.91. The fourth-order valence-corrected chi connectivity index (χ4v) is 1.47. The van der Waals surface area contributed by atoms with Crippen LogP contribution >= 0.6 is 0 Å². The molecule has 0 radical (unpaired) electrons. The minimum Gasteiger partial charge on any atom is -0.395 e. The zero-order valence-electron chi connectivity index (χ0n) is 10.7. The summed E-state index contributed by atoms with van der Waals surface area (Å²) in [5.74, 6) is -1.38. The second kappa shape index (κ2) is 7.45. The zero-order chi connectivity index (χ0) is 14.3. The Labute approximate surface area is 110 Å². The van der Waals surface area contributed by atoms with Gasteiger partial charge in [-0.2, -0.15) is 0 Å². The molecule has 2 amide bonds. The molecule has 1 rings (SSSR count). The lowest BCUT2D eigenvalue weighted by Gasteiger charge is -2.19. The summed E-state index contributed by atoms with van der Waals surface area (Å²) in [6.45, 7) is 1.27. The van der Waals surface area contributed by atoms with Crippen molar-refractivity contribution < 1.29 is 19.8 Å². The van der Waals surface area contributed by atoms with Crippen LogP contribution in [-0.2, 0) is 9.59 Å². The largest absolute Gasteiger partial charge is 0.395 e. The zero-order valence-corrected chi connectivity index (χ0v) is 10.7. The lowest BCUT2D eigenvalue weighted by molar-refractivity contribution is -0.143. The van der Waals surface area contributed by atoms with E-state index in [9.17, 15) is 9.59 Å². The van der Waals surface area contributed by atoms with Gasteiger partial charge in [-0.05, 0) is 24.6 Å². The topological polar surface area (TPSA) is 103 Å². The van der Waals surface area contributed by atoms with Crippen LogP contribution in [0.2, 0.25) is 0 Å². The summed E-state index contributed by atoms with van der Waals surface area (Å²) in [4.78, 5) is 28.5. The second-order valence-electron chi connectivity index (χ2n) is 3.91. The summed E-state index contributed by atoms with van der Waals surface area (Å²) >= 11 is 0. The van der Waals surface area contributed by atoms with Crippen LogP contribution in [0.25, 0.3) is 0 Å². The van der Waals surface area contributed by atoms with Crippen LogP contribution in [0, 0.1) is 6.92 Å². The number of pyridine rings is 1. The molecule has 0 unspecified atom stereocenters. The van der Waals surface area contributed by atoms with Crippen molar-refractivity contribution in [1.29, 1.82) is 0 Å². The van der Waals surface area contributed by atoms with Gasteiger partial charge in [-0.1, -0.05) is 0 Å². The molecular weight excluding hydrogens is 250 g/mol. The van der Waals surface area contributed by atoms with Crippen LogP contribution in [0.15, 0.2) is 18.3 Å². The Morgan fingerprint density at radius 1 is 1.32 bits per heavy atom. The number of aliphatic hydroxyl groups is 2. The monoisotopic (exact) mass is 267 g/mol. The first-order valence-corrected chi connectivity index (χ1v) is 5.83. The highest BCUT2D eigenvalue weighted by molar-refractivity contribution is 6.39. The lowest BCUT2D eigenvalue weighted by Crippen LogP contribution is -2.42. The number of nitrogens with zero attached hydrogens (tertiary/aromatic N) is 2. The summed E-state index contributed by atoms with van der Waals surface area (Å²) < 4.78 is 0. The number of aryl methyl sites for hydroxylation is 1. The standard InChI is InChI=1S/C12H17N3O4/c1-9-2-3-13-10(8-9)14-11(18)12(19)15(4-6-16)5-7-17/h2-3,8,16-17H,4-7H2,1H3,(H,13,14,18). The first-order chi connectivity index (χ1) is 9.08. The Morgan fingerprint density at radius 2 is 1.95 bits per heavy atom. The molecule has 0 fully saturated rings. The highest BCUT2D eigenvalue weighted by Crippen LogP contribution is 2.05. The predicted molar refractivity (Wildman–Crippen MR) is 68.4 cm³/mol. The third-order valence-electron chi connectivity index (χ3n) is 2.38. The molecule has 1 heterocycles. The Morgan fingerprint density at radius 3 is 2.47 bits per heavy atom. The molecule has 0 aliphatic heterocycles. The van der Waals surface area contributed by atoms with Gasteiger partial charge in [-0.15, -0.1) is 0 Å². The van der Waals surface area contributed by atoms with E-state index in [1.165, 1.54) is 6.20 Å². The molecule has 1 aromatic rings. The summed E-state index contributed by atoms with van der Waals surface area (Å²) in [6.07, 6.45) is 1.52. The van der Waals surface area contributed by atoms with E-state index in [0.717, 1.165) is 10.5 Å². The predicted octanol–water partition coefficient (Wildman–Crippen LogP) is -0.858. The van der Waals surface area contributed by atoms with Crippen LogP contribution in [0.4, 0.5) is 5.82 Å². The van der Waals surface area contributed by atoms with Crippen molar-refractivity contribution in [3.8, 4) is 0 Å². The second-order valence-corrected chi connectivity index (χ2v) is 3.91. The Bertz CT molecular complexity index is 444. The lowest BCUT2D eigenvalue weighted by atomic mass is 10.3. The van der Waals surface area contributed by atoms with E-state index in [1.54, 1.807) is 12.1 Å². The maximum atomic E-state index is 11.8. The van der Waals surface area contributed by atoms with Crippen LogP contribution in [-0.4, -0.2) is 58.2 Å². The average Bonchev–Trinajstić information content (AvgIpc) is 2.37. The number of hydrogen-bond acceptors (Lipinski definition) is 5. The molecule has 0 spiro atoms. The third-order valence-corrected chi connectivity index (χ3v) is 2.38. The maximum absolute atomic E-state index is 11.8. The van der Waals surface area contributed by atoms with Gasteiger partial charge in [-0.3, -0.25) is 9.59 Å². The molecule has 0 saturated heterocycles. The third kappa shape index (κ3) is 4.65. The van der Waals surface area contributed by atoms with E-state index >= 15 is 0 Å². The van der Waals surface area contributed by atoms with Crippen molar-refractivity contribution in [2.75, 3.05) is 31.6 Å². The molecule has 7 heteroatoms. The highest BCUT2D eigenvalue weighted by atomic mass is 16.3. The minimum atomic E-state index is -0.847. The van der Waals surface area contributed by atoms with E-state index in [2.05, 4.69) is 10.3 Å². The fraction of sp³-hybridized carbons (Fsp3) is 0.417. The molecule has 7 nitrogen and oxygen atoms in total. The van der Waals surface area contributed by atoms with Crippen molar-refractivity contribution in [3.05, 3.63) is 23.9 Å². The van der Waals surface area contributed by atoms with Gasteiger partial charge >= 0.3 is 11.8 Å². The van der Waals surface area contributed by atoms with Crippen LogP contribution in [0.3, 0.4) is 0 Å². The number of nitrogens with one attached hydrogen (secondary N) is 1. The number of rotatable bonds is 5. The molecule has 1 aromatic heterocycles. The molecular formula is C12H17N3O4. The van der Waals surface area contributed by atoms with Gasteiger partial charge in [0.2, 0.25) is 0 Å². The van der Waals surface area contributed by atoms with Gasteiger partial charge < -0.3 is 20.4 Å². The van der Waals surface area contributed by atoms with Gasteiger partial charge in [0.1, 0.15) is 5.82 Å². The average molecular weight is 267 g/mol. The van der Waals surface area contributed by atoms with Crippen LogP contribution in [0.1, 0.15) is 5.56 Å². The van der Waals surface area contributed by atoms with Crippen molar-refractivity contribution in [2.24, 2.45) is 0 Å². The van der Waals surface area contributed by atoms with E-state index < -0.39 is 11.8 Å². The first kappa shape index (κ1) is 15.1. The Balaban J connectivity index is 2.68. The highest BCUT2D eigenvalue weighted by Gasteiger charge is 2.21. The molecule has 0 aromatic carbocycles. The number of carbonyl (C=O) groups is 2. The summed E-state index contributed by atoms with van der Waals surface area (Å²) in [5.41, 5.74) is 0.903. The number of hydrogen-bond donors (Lipinski definition) is 3. The molecule has 0 atom stereocenters. The van der Waals surface area contributed by atoms with E-state index in [1.807, 2.05) is 6.92 Å². The number of amides is 2. The van der Waals surface area contributed by atoms with Gasteiger partial charge in [-0.25, -0.2) is 4.98 Å². The smallest absolute Gasteiger partial charge is 0.315 e. The van der Waals surface area contributed by atoms with E-state index in [-0.39, 0.29) is 32.1 Å². The molecule has 0 aliphatic carbocycles. The summed E-state index contributed by atoms with van der Waals surface area (Å²) in [7, 11) is 0. The number of anilines is 1. The molecule has 0 saturated carbocycles. The number of aliphatic hydroxyl groups excluding tert-OH is 2. The maximum Gasteiger partial charge on any atom is 0.315 e. The van der Waals surface area contributed by atoms with Crippen molar-refractivity contribution in [1.82, 2.24) is 9.88 Å². The molecule has 19 heavy (non-hydrogen) atoms. The van der Waals surface area contributed by atoms with Crippen molar-refractivity contribution in [2.45, 2.75) is 6.92 Å². The van der Waals surface area contributed by atoms with Gasteiger partial charge in [0.05, 0.1) is 13.2 Å². The van der Waals surface area contributed by atoms with E-state index in [4.69, 9.17) is 10.2 Å². The Hall–Kier alpha value is -1.99. The van der Waals surface area contributed by atoms with Gasteiger partial charge in [0.15, 0.2) is 0 Å². The number of aromatic nitrogens is 1. The molecule has 104 valence electrons. The summed E-state index contributed by atoms with van der Waals surface area (Å²) in [5, 5.41) is 20.0. The normalized spacial score (nSPS) is 10.1. The molecule has 3 N–H and O–H groups in total. The van der Waals surface area contributed by atoms with Crippen molar-refractivity contribution >= 4 is 17.6 Å². The molecule has 0 aliphatic rings. The first-order valence-electron chi connectivity index (χ1n) is 5.83. The van der Waals surface area contributed by atoms with Gasteiger partial charge in [0.25, 0.3) is 0 Å². The van der Waals surface area contributed by atoms with E-state index in [0.29, 0.717) is 0 Å². The van der Waals surface area contributed by atoms with Crippen molar-refractivity contribution in [3.63, 3.8) is 0 Å².